The van der Waals surface area contributed by atoms with Crippen LogP contribution in [-0.4, -0.2) is 6.04 Å². The molecule has 0 aliphatic heterocycles. The summed E-state index contributed by atoms with van der Waals surface area (Å²) in [7, 11) is 0. The van der Waals surface area contributed by atoms with Crippen molar-refractivity contribution in [2.45, 2.75) is 51.6 Å². The zero-order chi connectivity index (χ0) is 11.4. The molecule has 0 aromatic carbocycles. The van der Waals surface area contributed by atoms with Crippen LogP contribution in [0.5, 0.6) is 0 Å². The van der Waals surface area contributed by atoms with E-state index in [2.05, 4.69) is 18.3 Å². The van der Waals surface area contributed by atoms with Gasteiger partial charge < -0.3 is 5.32 Å². The van der Waals surface area contributed by atoms with Gasteiger partial charge in [-0.3, -0.25) is 0 Å². The Bertz CT molecular complexity index is 317. The largest absolute Gasteiger partial charge is 0.309 e. The Morgan fingerprint density at radius 2 is 2.19 bits per heavy atom. The lowest BCUT2D eigenvalue weighted by Gasteiger charge is -2.28. The lowest BCUT2D eigenvalue weighted by molar-refractivity contribution is 0.281. The molecule has 0 amide bonds. The van der Waals surface area contributed by atoms with Crippen molar-refractivity contribution in [3.8, 4) is 0 Å². The average Bonchev–Trinajstić information content (AvgIpc) is 2.73. The first-order valence-corrected chi connectivity index (χ1v) is 7.48. The van der Waals surface area contributed by atoms with E-state index in [4.69, 9.17) is 11.6 Å². The molecule has 1 aromatic heterocycles. The Morgan fingerprint density at radius 3 is 2.81 bits per heavy atom. The number of thiophene rings is 1. The minimum atomic E-state index is 0.640. The summed E-state index contributed by atoms with van der Waals surface area (Å²) in [6, 6.07) is 2.70. The quantitative estimate of drug-likeness (QED) is 0.840. The first-order valence-electron chi connectivity index (χ1n) is 6.22. The molecule has 1 heterocycles. The topological polar surface area (TPSA) is 12.0 Å². The lowest BCUT2D eigenvalue weighted by Crippen LogP contribution is -2.33. The molecule has 90 valence electrons. The second-order valence-electron chi connectivity index (χ2n) is 4.80. The highest BCUT2D eigenvalue weighted by Gasteiger charge is 2.19. The number of hydrogen-bond acceptors (Lipinski definition) is 2. The Labute approximate surface area is 107 Å². The Kier molecular flexibility index (Phi) is 4.68. The molecule has 0 unspecified atom stereocenters. The van der Waals surface area contributed by atoms with E-state index in [1.54, 1.807) is 11.3 Å². The first-order chi connectivity index (χ1) is 7.75. The molecule has 1 aliphatic rings. The summed E-state index contributed by atoms with van der Waals surface area (Å²) in [5.41, 5.74) is 0. The van der Waals surface area contributed by atoms with E-state index in [1.807, 2.05) is 5.38 Å². The standard InChI is InChI=1S/C13H20ClNS/c1-10(11-5-3-2-4-6-11)15-8-13-7-12(14)9-16-13/h7,9-11,15H,2-6,8H2,1H3/t10-/m0/s1. The van der Waals surface area contributed by atoms with Crippen LogP contribution >= 0.6 is 22.9 Å². The van der Waals surface area contributed by atoms with Crippen LogP contribution in [0.15, 0.2) is 11.4 Å². The van der Waals surface area contributed by atoms with Gasteiger partial charge in [-0.1, -0.05) is 30.9 Å². The number of nitrogens with one attached hydrogen (secondary N) is 1. The maximum atomic E-state index is 5.91. The van der Waals surface area contributed by atoms with Crippen molar-refractivity contribution in [1.29, 1.82) is 0 Å². The third-order valence-corrected chi connectivity index (χ3v) is 4.86. The molecule has 1 saturated carbocycles. The molecule has 0 saturated heterocycles. The van der Waals surface area contributed by atoms with Gasteiger partial charge in [0.1, 0.15) is 0 Å². The highest BCUT2D eigenvalue weighted by Crippen LogP contribution is 2.26. The lowest BCUT2D eigenvalue weighted by atomic mass is 9.84. The summed E-state index contributed by atoms with van der Waals surface area (Å²) < 4.78 is 0. The maximum absolute atomic E-state index is 5.91. The smallest absolute Gasteiger partial charge is 0.0516 e. The highest BCUT2D eigenvalue weighted by atomic mass is 35.5. The molecule has 1 fully saturated rings. The van der Waals surface area contributed by atoms with Crippen molar-refractivity contribution < 1.29 is 0 Å². The average molecular weight is 258 g/mol. The minimum absolute atomic E-state index is 0.640. The second kappa shape index (κ2) is 6.04. The van der Waals surface area contributed by atoms with Crippen LogP contribution in [-0.2, 0) is 6.54 Å². The second-order valence-corrected chi connectivity index (χ2v) is 6.23. The fourth-order valence-electron chi connectivity index (χ4n) is 2.51. The van der Waals surface area contributed by atoms with Crippen LogP contribution in [0.1, 0.15) is 43.9 Å². The first kappa shape index (κ1) is 12.4. The van der Waals surface area contributed by atoms with Gasteiger partial charge in [-0.25, -0.2) is 0 Å². The van der Waals surface area contributed by atoms with E-state index < -0.39 is 0 Å². The molecular formula is C13H20ClNS. The van der Waals surface area contributed by atoms with E-state index in [-0.39, 0.29) is 0 Å². The van der Waals surface area contributed by atoms with Gasteiger partial charge in [0.25, 0.3) is 0 Å². The van der Waals surface area contributed by atoms with Gasteiger partial charge >= 0.3 is 0 Å². The SMILES string of the molecule is C[C@H](NCc1cc(Cl)cs1)C1CCCCC1. The summed E-state index contributed by atoms with van der Waals surface area (Å²) >= 11 is 7.65. The van der Waals surface area contributed by atoms with E-state index in [0.29, 0.717) is 6.04 Å². The molecule has 0 radical (unpaired) electrons. The Balaban J connectivity index is 1.76. The van der Waals surface area contributed by atoms with Gasteiger partial charge in [0.15, 0.2) is 0 Å². The van der Waals surface area contributed by atoms with Crippen molar-refractivity contribution in [3.05, 3.63) is 21.3 Å². The van der Waals surface area contributed by atoms with Crippen molar-refractivity contribution in [2.75, 3.05) is 0 Å². The van der Waals surface area contributed by atoms with Gasteiger partial charge in [-0.15, -0.1) is 11.3 Å². The molecule has 16 heavy (non-hydrogen) atoms. The highest BCUT2D eigenvalue weighted by molar-refractivity contribution is 7.10. The monoisotopic (exact) mass is 257 g/mol. The fraction of sp³-hybridized carbons (Fsp3) is 0.692. The van der Waals surface area contributed by atoms with Crippen LogP contribution in [0.25, 0.3) is 0 Å². The zero-order valence-corrected chi connectivity index (χ0v) is 11.4. The molecule has 1 aliphatic carbocycles. The van der Waals surface area contributed by atoms with Gasteiger partial charge in [-0.2, -0.15) is 0 Å². The molecule has 1 aromatic rings. The van der Waals surface area contributed by atoms with E-state index in [1.165, 1.54) is 37.0 Å². The van der Waals surface area contributed by atoms with Crippen LogP contribution in [0, 0.1) is 5.92 Å². The van der Waals surface area contributed by atoms with E-state index in [0.717, 1.165) is 17.5 Å². The van der Waals surface area contributed by atoms with E-state index >= 15 is 0 Å². The summed E-state index contributed by atoms with van der Waals surface area (Å²) in [5, 5.41) is 6.51. The number of halogens is 1. The van der Waals surface area contributed by atoms with E-state index in [9.17, 15) is 0 Å². The Morgan fingerprint density at radius 1 is 1.44 bits per heavy atom. The predicted octanol–water partition coefficient (Wildman–Crippen LogP) is 4.46. The third-order valence-electron chi connectivity index (χ3n) is 3.58. The van der Waals surface area contributed by atoms with Crippen molar-refractivity contribution >= 4 is 22.9 Å². The molecule has 0 spiro atoms. The number of hydrogen-bond donors (Lipinski definition) is 1. The van der Waals surface area contributed by atoms with Crippen LogP contribution < -0.4 is 5.32 Å². The van der Waals surface area contributed by atoms with Crippen LogP contribution in [0.2, 0.25) is 5.02 Å². The fourth-order valence-corrected chi connectivity index (χ4v) is 3.53. The maximum Gasteiger partial charge on any atom is 0.0516 e. The molecule has 3 heteroatoms. The summed E-state index contributed by atoms with van der Waals surface area (Å²) in [6.45, 7) is 3.29. The van der Waals surface area contributed by atoms with Crippen LogP contribution in [0.3, 0.4) is 0 Å². The van der Waals surface area contributed by atoms with Gasteiger partial charge in [0, 0.05) is 22.8 Å². The Hall–Kier alpha value is -0.0500. The van der Waals surface area contributed by atoms with Crippen molar-refractivity contribution in [1.82, 2.24) is 5.32 Å². The number of rotatable bonds is 4. The molecule has 1 nitrogen and oxygen atoms in total. The molecular weight excluding hydrogens is 238 g/mol. The van der Waals surface area contributed by atoms with Crippen LogP contribution in [0.4, 0.5) is 0 Å². The summed E-state index contributed by atoms with van der Waals surface area (Å²) in [4.78, 5) is 1.34. The normalized spacial score (nSPS) is 19.9. The summed E-state index contributed by atoms with van der Waals surface area (Å²) in [5.74, 6) is 0.879. The summed E-state index contributed by atoms with van der Waals surface area (Å²) in [6.07, 6.45) is 7.07. The zero-order valence-electron chi connectivity index (χ0n) is 9.84. The third kappa shape index (κ3) is 3.47. The molecule has 1 N–H and O–H groups in total. The molecule has 2 rings (SSSR count). The van der Waals surface area contributed by atoms with Gasteiger partial charge in [-0.05, 0) is 31.7 Å². The molecule has 1 atom stereocenters. The van der Waals surface area contributed by atoms with Gasteiger partial charge in [0.2, 0.25) is 0 Å². The predicted molar refractivity (Wildman–Crippen MR) is 72.2 cm³/mol. The van der Waals surface area contributed by atoms with Crippen molar-refractivity contribution in [2.24, 2.45) is 5.92 Å². The molecule has 0 bridgehead atoms. The minimum Gasteiger partial charge on any atom is -0.309 e. The van der Waals surface area contributed by atoms with Crippen molar-refractivity contribution in [3.63, 3.8) is 0 Å². The van der Waals surface area contributed by atoms with Gasteiger partial charge in [0.05, 0.1) is 5.02 Å².